The van der Waals surface area contributed by atoms with Crippen molar-refractivity contribution in [2.45, 2.75) is 38.5 Å². The second-order valence-electron chi connectivity index (χ2n) is 3.76. The van der Waals surface area contributed by atoms with E-state index in [2.05, 4.69) is 26.2 Å². The van der Waals surface area contributed by atoms with Crippen molar-refractivity contribution < 1.29 is 4.43 Å². The standard InChI is InChI=1S/C6H14OSi.C3H8Si/c1-8(2)6-4-3-5-7-8;1-3-4-2/h3-6H2,1-2H3;3H,1,4H2,2H3. The van der Waals surface area contributed by atoms with E-state index in [0.717, 1.165) is 6.61 Å². The van der Waals surface area contributed by atoms with Crippen molar-refractivity contribution in [1.82, 2.24) is 0 Å². The first-order valence-corrected chi connectivity index (χ1v) is 10.2. The van der Waals surface area contributed by atoms with Crippen molar-refractivity contribution in [2.24, 2.45) is 0 Å². The van der Waals surface area contributed by atoms with Crippen molar-refractivity contribution in [3.8, 4) is 0 Å². The monoisotopic (exact) mass is 202 g/mol. The van der Waals surface area contributed by atoms with E-state index >= 15 is 0 Å². The van der Waals surface area contributed by atoms with E-state index in [1.807, 2.05) is 5.70 Å². The molecule has 3 heteroatoms. The third kappa shape index (κ3) is 6.82. The first-order valence-electron chi connectivity index (χ1n) is 4.87. The van der Waals surface area contributed by atoms with Crippen LogP contribution in [0.5, 0.6) is 0 Å². The van der Waals surface area contributed by atoms with Gasteiger partial charge in [-0.3, -0.25) is 0 Å². The SMILES string of the molecule is C=C[SiH2]C.C[Si]1(C)CCCCO1. The fraction of sp³-hybridized carbons (Fsp3) is 0.778. The predicted molar refractivity (Wildman–Crippen MR) is 62.1 cm³/mol. The molecule has 1 aliphatic heterocycles. The van der Waals surface area contributed by atoms with Gasteiger partial charge in [0.15, 0.2) is 8.32 Å². The first kappa shape index (κ1) is 12.1. The number of rotatable bonds is 1. The van der Waals surface area contributed by atoms with E-state index in [-0.39, 0.29) is 9.52 Å². The minimum atomic E-state index is -1.09. The Morgan fingerprint density at radius 2 is 2.00 bits per heavy atom. The lowest BCUT2D eigenvalue weighted by atomic mass is 10.4. The van der Waals surface area contributed by atoms with Gasteiger partial charge in [-0.2, -0.15) is 0 Å². The lowest BCUT2D eigenvalue weighted by Crippen LogP contribution is -2.33. The van der Waals surface area contributed by atoms with Gasteiger partial charge >= 0.3 is 0 Å². The summed E-state index contributed by atoms with van der Waals surface area (Å²) in [6.45, 7) is 11.4. The van der Waals surface area contributed by atoms with Crippen LogP contribution in [-0.4, -0.2) is 24.4 Å². The van der Waals surface area contributed by atoms with E-state index < -0.39 is 8.32 Å². The molecule has 0 amide bonds. The summed E-state index contributed by atoms with van der Waals surface area (Å²) in [5, 5.41) is 0. The van der Waals surface area contributed by atoms with Crippen molar-refractivity contribution in [3.63, 3.8) is 0 Å². The summed E-state index contributed by atoms with van der Waals surface area (Å²) in [5.74, 6) is 0. The molecule has 0 bridgehead atoms. The molecule has 0 aromatic rings. The Kier molecular flexibility index (Phi) is 6.70. The molecular formula is C9H22OSi2. The first-order chi connectivity index (χ1) is 5.62. The number of hydrogen-bond acceptors (Lipinski definition) is 1. The van der Waals surface area contributed by atoms with Crippen molar-refractivity contribution >= 4 is 17.8 Å². The zero-order valence-corrected chi connectivity index (χ0v) is 11.1. The van der Waals surface area contributed by atoms with Crippen LogP contribution in [0, 0.1) is 0 Å². The van der Waals surface area contributed by atoms with Crippen LogP contribution in [-0.2, 0) is 4.43 Å². The van der Waals surface area contributed by atoms with Gasteiger partial charge in [0.1, 0.15) is 0 Å². The highest BCUT2D eigenvalue weighted by atomic mass is 28.4. The molecule has 0 unspecified atom stereocenters. The van der Waals surface area contributed by atoms with Crippen molar-refractivity contribution in [1.29, 1.82) is 0 Å². The van der Waals surface area contributed by atoms with Crippen LogP contribution in [0.15, 0.2) is 12.3 Å². The fourth-order valence-corrected chi connectivity index (χ4v) is 3.02. The second kappa shape index (κ2) is 6.63. The molecule has 0 aromatic heterocycles. The maximum atomic E-state index is 5.60. The second-order valence-corrected chi connectivity index (χ2v) is 9.46. The molecule has 1 nitrogen and oxygen atoms in total. The lowest BCUT2D eigenvalue weighted by molar-refractivity contribution is 0.275. The fourth-order valence-electron chi connectivity index (χ4n) is 1.07. The third-order valence-electron chi connectivity index (χ3n) is 1.95. The van der Waals surface area contributed by atoms with Gasteiger partial charge in [-0.05, 0) is 25.6 Å². The predicted octanol–water partition coefficient (Wildman–Crippen LogP) is 2.35. The van der Waals surface area contributed by atoms with Gasteiger partial charge in [-0.25, -0.2) is 0 Å². The highest BCUT2D eigenvalue weighted by molar-refractivity contribution is 6.71. The highest BCUT2D eigenvalue weighted by Gasteiger charge is 2.24. The Bertz CT molecular complexity index is 116. The van der Waals surface area contributed by atoms with Crippen LogP contribution in [0.1, 0.15) is 12.8 Å². The minimum absolute atomic E-state index is 0.188. The average molecular weight is 202 g/mol. The largest absolute Gasteiger partial charge is 0.417 e. The summed E-state index contributed by atoms with van der Waals surface area (Å²) >= 11 is 0. The minimum Gasteiger partial charge on any atom is -0.417 e. The average Bonchev–Trinajstić information content (AvgIpc) is 2.05. The molecule has 0 N–H and O–H groups in total. The normalized spacial score (nSPS) is 21.6. The molecule has 1 aliphatic rings. The summed E-state index contributed by atoms with van der Waals surface area (Å²) in [6, 6.07) is 1.37. The maximum absolute atomic E-state index is 5.60. The molecule has 12 heavy (non-hydrogen) atoms. The van der Waals surface area contributed by atoms with Crippen molar-refractivity contribution in [3.05, 3.63) is 12.3 Å². The van der Waals surface area contributed by atoms with Crippen LogP contribution in [0.2, 0.25) is 25.7 Å². The Hall–Kier alpha value is 0.134. The van der Waals surface area contributed by atoms with Gasteiger partial charge in [-0.15, -0.1) is 12.3 Å². The van der Waals surface area contributed by atoms with Gasteiger partial charge in [0.25, 0.3) is 0 Å². The molecule has 0 saturated carbocycles. The highest BCUT2D eigenvalue weighted by Crippen LogP contribution is 2.20. The molecule has 1 fully saturated rings. The van der Waals surface area contributed by atoms with E-state index in [1.54, 1.807) is 0 Å². The Morgan fingerprint density at radius 1 is 1.42 bits per heavy atom. The lowest BCUT2D eigenvalue weighted by Gasteiger charge is -2.27. The van der Waals surface area contributed by atoms with Crippen LogP contribution in [0.4, 0.5) is 0 Å². The van der Waals surface area contributed by atoms with Gasteiger partial charge in [-0.1, -0.05) is 13.0 Å². The quantitative estimate of drug-likeness (QED) is 0.593. The number of hydrogen-bond donors (Lipinski definition) is 0. The molecular weight excluding hydrogens is 180 g/mol. The molecule has 1 saturated heterocycles. The molecule has 0 aliphatic carbocycles. The Morgan fingerprint density at radius 3 is 2.17 bits per heavy atom. The molecule has 0 radical (unpaired) electrons. The zero-order chi connectivity index (χ0) is 9.45. The summed E-state index contributed by atoms with van der Waals surface area (Å²) in [7, 11) is -0.902. The van der Waals surface area contributed by atoms with Crippen LogP contribution in [0.25, 0.3) is 0 Å². The molecule has 0 aromatic carbocycles. The molecule has 1 heterocycles. The summed E-state index contributed by atoms with van der Waals surface area (Å²) < 4.78 is 5.60. The van der Waals surface area contributed by atoms with Crippen molar-refractivity contribution in [2.75, 3.05) is 6.61 Å². The zero-order valence-electron chi connectivity index (χ0n) is 8.73. The summed E-state index contributed by atoms with van der Waals surface area (Å²) in [5.41, 5.74) is 2.01. The molecule has 0 spiro atoms. The molecule has 72 valence electrons. The topological polar surface area (TPSA) is 9.23 Å². The van der Waals surface area contributed by atoms with Gasteiger partial charge < -0.3 is 4.43 Å². The van der Waals surface area contributed by atoms with Gasteiger partial charge in [0.2, 0.25) is 0 Å². The van der Waals surface area contributed by atoms with Crippen LogP contribution in [0.3, 0.4) is 0 Å². The van der Waals surface area contributed by atoms with E-state index in [1.165, 1.54) is 18.9 Å². The van der Waals surface area contributed by atoms with Gasteiger partial charge in [0, 0.05) is 16.1 Å². The summed E-state index contributed by atoms with van der Waals surface area (Å²) in [6.07, 6.45) is 2.69. The van der Waals surface area contributed by atoms with Crippen LogP contribution < -0.4 is 0 Å². The van der Waals surface area contributed by atoms with Gasteiger partial charge in [0.05, 0.1) is 0 Å². The van der Waals surface area contributed by atoms with E-state index in [0.29, 0.717) is 0 Å². The summed E-state index contributed by atoms with van der Waals surface area (Å²) in [4.78, 5) is 0. The smallest absolute Gasteiger partial charge is 0.186 e. The Balaban J connectivity index is 0.000000261. The Labute approximate surface area is 80.2 Å². The van der Waals surface area contributed by atoms with E-state index in [9.17, 15) is 0 Å². The molecule has 1 rings (SSSR count). The van der Waals surface area contributed by atoms with E-state index in [4.69, 9.17) is 4.43 Å². The molecule has 0 atom stereocenters. The van der Waals surface area contributed by atoms with Crippen LogP contribution >= 0.6 is 0 Å². The third-order valence-corrected chi connectivity index (χ3v) is 5.08. The maximum Gasteiger partial charge on any atom is 0.186 e.